The van der Waals surface area contributed by atoms with Gasteiger partial charge in [0, 0.05) is 17.3 Å². The van der Waals surface area contributed by atoms with Crippen LogP contribution in [0.5, 0.6) is 5.75 Å². The van der Waals surface area contributed by atoms with Gasteiger partial charge in [0.2, 0.25) is 0 Å². The van der Waals surface area contributed by atoms with Gasteiger partial charge >= 0.3 is 0 Å². The lowest BCUT2D eigenvalue weighted by atomic mass is 10.1. The molecule has 116 valence electrons. The first kappa shape index (κ1) is 15.0. The topological polar surface area (TPSA) is 71.5 Å². The predicted molar refractivity (Wildman–Crippen MR) is 88.3 cm³/mol. The van der Waals surface area contributed by atoms with E-state index in [-0.39, 0.29) is 0 Å². The fourth-order valence-electron chi connectivity index (χ4n) is 2.33. The molecule has 0 aliphatic carbocycles. The molecule has 23 heavy (non-hydrogen) atoms. The van der Waals surface area contributed by atoms with Crippen molar-refractivity contribution in [3.05, 3.63) is 66.4 Å². The van der Waals surface area contributed by atoms with E-state index in [1.807, 2.05) is 24.3 Å². The van der Waals surface area contributed by atoms with Crippen molar-refractivity contribution in [3.8, 4) is 5.75 Å². The zero-order chi connectivity index (χ0) is 16.2. The molecule has 1 aromatic heterocycles. The van der Waals surface area contributed by atoms with Gasteiger partial charge in [0.1, 0.15) is 5.75 Å². The van der Waals surface area contributed by atoms with Gasteiger partial charge in [0.05, 0.1) is 12.6 Å². The Hall–Kier alpha value is -2.92. The van der Waals surface area contributed by atoms with Crippen molar-refractivity contribution in [3.63, 3.8) is 0 Å². The number of aliphatic hydroxyl groups is 1. The van der Waals surface area contributed by atoms with Gasteiger partial charge in [0.25, 0.3) is 5.91 Å². The van der Waals surface area contributed by atoms with Gasteiger partial charge in [-0.1, -0.05) is 18.2 Å². The summed E-state index contributed by atoms with van der Waals surface area (Å²) in [6.45, 7) is 0. The molecule has 0 spiro atoms. The Balaban J connectivity index is 1.79. The van der Waals surface area contributed by atoms with E-state index in [0.29, 0.717) is 17.0 Å². The summed E-state index contributed by atoms with van der Waals surface area (Å²) in [5.74, 6) is 0.0904. The van der Waals surface area contributed by atoms with E-state index < -0.39 is 12.0 Å². The predicted octanol–water partition coefficient (Wildman–Crippen LogP) is 2.92. The molecule has 0 radical (unpaired) electrons. The minimum Gasteiger partial charge on any atom is -0.497 e. The number of methoxy groups -OCH3 is 1. The third-order valence-electron chi connectivity index (χ3n) is 3.53. The Morgan fingerprint density at radius 2 is 2.04 bits per heavy atom. The van der Waals surface area contributed by atoms with Gasteiger partial charge in [0.15, 0.2) is 6.10 Å². The zero-order valence-corrected chi connectivity index (χ0v) is 12.6. The standard InChI is InChI=1S/C18H16N2O3/c1-23-15-6-2-4-13(11-15)17(21)18(22)20-14-7-8-16-12(10-14)5-3-9-19-16/h2-11,17,21H,1H3,(H,20,22). The molecule has 3 aromatic rings. The van der Waals surface area contributed by atoms with E-state index in [1.54, 1.807) is 36.5 Å². The number of nitrogens with one attached hydrogen (secondary N) is 1. The van der Waals surface area contributed by atoms with Crippen LogP contribution in [0.3, 0.4) is 0 Å². The first-order chi connectivity index (χ1) is 11.2. The van der Waals surface area contributed by atoms with Crippen molar-refractivity contribution >= 4 is 22.5 Å². The Morgan fingerprint density at radius 3 is 2.87 bits per heavy atom. The van der Waals surface area contributed by atoms with Crippen molar-refractivity contribution in [1.82, 2.24) is 4.98 Å². The molecule has 2 aromatic carbocycles. The molecule has 0 aliphatic heterocycles. The number of rotatable bonds is 4. The Morgan fingerprint density at radius 1 is 1.17 bits per heavy atom. The van der Waals surface area contributed by atoms with Gasteiger partial charge in [-0.15, -0.1) is 0 Å². The number of anilines is 1. The van der Waals surface area contributed by atoms with E-state index in [9.17, 15) is 9.90 Å². The number of pyridine rings is 1. The number of fused-ring (bicyclic) bond motifs is 1. The molecular weight excluding hydrogens is 292 g/mol. The largest absolute Gasteiger partial charge is 0.497 e. The normalized spacial score (nSPS) is 11.9. The van der Waals surface area contributed by atoms with Crippen LogP contribution in [0.2, 0.25) is 0 Å². The summed E-state index contributed by atoms with van der Waals surface area (Å²) in [5, 5.41) is 13.8. The molecule has 5 nitrogen and oxygen atoms in total. The molecule has 5 heteroatoms. The lowest BCUT2D eigenvalue weighted by molar-refractivity contribution is -0.124. The third-order valence-corrected chi connectivity index (χ3v) is 3.53. The molecule has 0 bridgehead atoms. The number of carbonyl (C=O) groups is 1. The third kappa shape index (κ3) is 3.30. The SMILES string of the molecule is COc1cccc(C(O)C(=O)Nc2ccc3ncccc3c2)c1. The fraction of sp³-hybridized carbons (Fsp3) is 0.111. The summed E-state index contributed by atoms with van der Waals surface area (Å²) in [4.78, 5) is 16.5. The summed E-state index contributed by atoms with van der Waals surface area (Å²) in [7, 11) is 1.54. The number of hydrogen-bond acceptors (Lipinski definition) is 4. The van der Waals surface area contributed by atoms with Gasteiger partial charge in [-0.05, 0) is 42.0 Å². The lowest BCUT2D eigenvalue weighted by Crippen LogP contribution is -2.20. The number of hydrogen-bond donors (Lipinski definition) is 2. The van der Waals surface area contributed by atoms with E-state index >= 15 is 0 Å². The maximum absolute atomic E-state index is 12.2. The number of aromatic nitrogens is 1. The van der Waals surface area contributed by atoms with E-state index in [1.165, 1.54) is 7.11 Å². The van der Waals surface area contributed by atoms with Crippen LogP contribution in [0.25, 0.3) is 10.9 Å². The fourth-order valence-corrected chi connectivity index (χ4v) is 2.33. The van der Waals surface area contributed by atoms with Crippen LogP contribution in [0, 0.1) is 0 Å². The molecule has 1 atom stereocenters. The molecule has 0 saturated heterocycles. The van der Waals surface area contributed by atoms with Crippen LogP contribution >= 0.6 is 0 Å². The average Bonchev–Trinajstić information content (AvgIpc) is 2.61. The highest BCUT2D eigenvalue weighted by molar-refractivity contribution is 5.96. The van der Waals surface area contributed by atoms with E-state index in [4.69, 9.17) is 4.74 Å². The zero-order valence-electron chi connectivity index (χ0n) is 12.6. The van der Waals surface area contributed by atoms with E-state index in [0.717, 1.165) is 10.9 Å². The van der Waals surface area contributed by atoms with Crippen LogP contribution in [0.1, 0.15) is 11.7 Å². The van der Waals surface area contributed by atoms with E-state index in [2.05, 4.69) is 10.3 Å². The molecule has 1 heterocycles. The highest BCUT2D eigenvalue weighted by Crippen LogP contribution is 2.22. The number of nitrogens with zero attached hydrogens (tertiary/aromatic N) is 1. The molecule has 0 fully saturated rings. The smallest absolute Gasteiger partial charge is 0.257 e. The molecule has 0 saturated carbocycles. The first-order valence-electron chi connectivity index (χ1n) is 7.15. The Kier molecular flexibility index (Phi) is 4.21. The number of aliphatic hydroxyl groups excluding tert-OH is 1. The average molecular weight is 308 g/mol. The summed E-state index contributed by atoms with van der Waals surface area (Å²) < 4.78 is 5.10. The van der Waals surface area contributed by atoms with Crippen LogP contribution < -0.4 is 10.1 Å². The van der Waals surface area contributed by atoms with Gasteiger partial charge < -0.3 is 15.2 Å². The minimum absolute atomic E-state index is 0.476. The second-order valence-electron chi connectivity index (χ2n) is 5.08. The Bertz CT molecular complexity index is 848. The van der Waals surface area contributed by atoms with Gasteiger partial charge in [-0.3, -0.25) is 9.78 Å². The Labute approximate surface area is 133 Å². The molecule has 1 unspecified atom stereocenters. The monoisotopic (exact) mass is 308 g/mol. The molecular formula is C18H16N2O3. The molecule has 3 rings (SSSR count). The van der Waals surface area contributed by atoms with Crippen LogP contribution in [-0.2, 0) is 4.79 Å². The number of ether oxygens (including phenoxy) is 1. The van der Waals surface area contributed by atoms with Crippen molar-refractivity contribution in [1.29, 1.82) is 0 Å². The summed E-state index contributed by atoms with van der Waals surface area (Å²) in [6.07, 6.45) is 0.447. The van der Waals surface area contributed by atoms with Crippen LogP contribution in [0.4, 0.5) is 5.69 Å². The highest BCUT2D eigenvalue weighted by Gasteiger charge is 2.18. The quantitative estimate of drug-likeness (QED) is 0.777. The number of benzene rings is 2. The summed E-state index contributed by atoms with van der Waals surface area (Å²) in [5.41, 5.74) is 1.93. The highest BCUT2D eigenvalue weighted by atomic mass is 16.5. The maximum Gasteiger partial charge on any atom is 0.257 e. The van der Waals surface area contributed by atoms with Crippen molar-refractivity contribution in [2.24, 2.45) is 0 Å². The summed E-state index contributed by atoms with van der Waals surface area (Å²) >= 11 is 0. The van der Waals surface area contributed by atoms with Crippen molar-refractivity contribution < 1.29 is 14.6 Å². The second-order valence-corrected chi connectivity index (χ2v) is 5.08. The number of carbonyl (C=O) groups excluding carboxylic acids is 1. The molecule has 1 amide bonds. The van der Waals surface area contributed by atoms with Crippen LogP contribution in [0.15, 0.2) is 60.8 Å². The van der Waals surface area contributed by atoms with Crippen molar-refractivity contribution in [2.45, 2.75) is 6.10 Å². The van der Waals surface area contributed by atoms with Crippen LogP contribution in [-0.4, -0.2) is 23.1 Å². The van der Waals surface area contributed by atoms with Gasteiger partial charge in [-0.2, -0.15) is 0 Å². The first-order valence-corrected chi connectivity index (χ1v) is 7.15. The summed E-state index contributed by atoms with van der Waals surface area (Å²) in [6, 6.07) is 15.9. The molecule has 2 N–H and O–H groups in total. The second kappa shape index (κ2) is 6.46. The van der Waals surface area contributed by atoms with Crippen molar-refractivity contribution in [2.75, 3.05) is 12.4 Å². The number of amides is 1. The lowest BCUT2D eigenvalue weighted by Gasteiger charge is -2.13. The molecule has 0 aliphatic rings. The maximum atomic E-state index is 12.2. The van der Waals surface area contributed by atoms with Gasteiger partial charge in [-0.25, -0.2) is 0 Å². The minimum atomic E-state index is -1.27.